The van der Waals surface area contributed by atoms with Gasteiger partial charge in [-0.3, -0.25) is 9.78 Å². The van der Waals surface area contributed by atoms with Crippen LogP contribution in [0.4, 0.5) is 28.4 Å². The first-order valence-electron chi connectivity index (χ1n) is 9.50. The number of amides is 1. The zero-order valence-corrected chi connectivity index (χ0v) is 18.6. The Labute approximate surface area is 193 Å². The van der Waals surface area contributed by atoms with Crippen LogP contribution in [0.25, 0.3) is 20.8 Å². The van der Waals surface area contributed by atoms with Crippen molar-refractivity contribution in [2.75, 3.05) is 23.8 Å². The number of halogens is 4. The lowest BCUT2D eigenvalue weighted by molar-refractivity contribution is -0.200. The molecule has 3 aromatic heterocycles. The molecule has 0 saturated carbocycles. The molecule has 2 N–H and O–H groups in total. The molecule has 12 heteroatoms. The summed E-state index contributed by atoms with van der Waals surface area (Å²) in [5.74, 6) is -0.772. The van der Waals surface area contributed by atoms with Gasteiger partial charge < -0.3 is 15.3 Å². The van der Waals surface area contributed by atoms with Crippen LogP contribution in [0, 0.1) is 5.82 Å². The first kappa shape index (κ1) is 23.1. The number of hydrogen-bond donors (Lipinski definition) is 2. The number of aromatic nitrogens is 2. The molecule has 0 saturated heterocycles. The number of carbonyl (C=O) groups is 1. The predicted octanol–water partition coefficient (Wildman–Crippen LogP) is 5.17. The number of fused-ring (bicyclic) bond motifs is 1. The van der Waals surface area contributed by atoms with Crippen molar-refractivity contribution < 1.29 is 27.5 Å². The van der Waals surface area contributed by atoms with E-state index < -0.39 is 24.6 Å². The van der Waals surface area contributed by atoms with Crippen LogP contribution in [0.1, 0.15) is 9.67 Å². The van der Waals surface area contributed by atoms with Crippen LogP contribution in [0.3, 0.4) is 0 Å². The Hall–Kier alpha value is -3.09. The normalized spacial score (nSPS) is 12.7. The van der Waals surface area contributed by atoms with Gasteiger partial charge in [0.15, 0.2) is 11.2 Å². The Morgan fingerprint density at radius 1 is 1.18 bits per heavy atom. The number of anilines is 2. The smallest absolute Gasteiger partial charge is 0.382 e. The van der Waals surface area contributed by atoms with Crippen molar-refractivity contribution in [2.24, 2.45) is 0 Å². The molecule has 0 fully saturated rings. The van der Waals surface area contributed by atoms with Crippen molar-refractivity contribution in [3.8, 4) is 11.3 Å². The lowest BCUT2D eigenvalue weighted by atomic mass is 10.1. The molecule has 172 valence electrons. The number of thiophene rings is 1. The summed E-state index contributed by atoms with van der Waals surface area (Å²) in [5.41, 5.74) is 1.92. The van der Waals surface area contributed by atoms with Crippen molar-refractivity contribution >= 4 is 48.9 Å². The van der Waals surface area contributed by atoms with Crippen molar-refractivity contribution in [1.29, 1.82) is 0 Å². The number of rotatable bonds is 6. The van der Waals surface area contributed by atoms with Gasteiger partial charge in [0.1, 0.15) is 10.6 Å². The van der Waals surface area contributed by atoms with E-state index in [4.69, 9.17) is 0 Å². The van der Waals surface area contributed by atoms with Crippen LogP contribution in [0.5, 0.6) is 0 Å². The summed E-state index contributed by atoms with van der Waals surface area (Å²) in [6.07, 6.45) is -6.05. The van der Waals surface area contributed by atoms with Crippen molar-refractivity contribution in [2.45, 2.75) is 12.3 Å². The predicted molar refractivity (Wildman–Crippen MR) is 120 cm³/mol. The van der Waals surface area contributed by atoms with Crippen LogP contribution < -0.4 is 10.2 Å². The molecular formula is C21H16F4N4O2S2. The zero-order valence-electron chi connectivity index (χ0n) is 16.9. The number of hydrogen-bond acceptors (Lipinski definition) is 7. The lowest BCUT2D eigenvalue weighted by Gasteiger charge is -2.21. The second kappa shape index (κ2) is 9.04. The third-order valence-corrected chi connectivity index (χ3v) is 6.89. The Balaban J connectivity index is 1.42. The number of alkyl halides is 3. The quantitative estimate of drug-likeness (QED) is 0.360. The molecule has 4 rings (SSSR count). The van der Waals surface area contributed by atoms with Gasteiger partial charge in [-0.25, -0.2) is 9.37 Å². The number of carbonyl (C=O) groups excluding carboxylic acids is 1. The van der Waals surface area contributed by atoms with Gasteiger partial charge in [0.25, 0.3) is 5.91 Å². The summed E-state index contributed by atoms with van der Waals surface area (Å²) in [6, 6.07) is 11.4. The maximum Gasteiger partial charge on any atom is 0.416 e. The third-order valence-electron chi connectivity index (χ3n) is 4.62. The Morgan fingerprint density at radius 3 is 2.52 bits per heavy atom. The van der Waals surface area contributed by atoms with Crippen LogP contribution in [0.2, 0.25) is 0 Å². The molecule has 0 bridgehead atoms. The summed E-state index contributed by atoms with van der Waals surface area (Å²) in [6.45, 7) is -0.638. The van der Waals surface area contributed by atoms with E-state index in [1.165, 1.54) is 18.0 Å². The average Bonchev–Trinajstić information content (AvgIpc) is 3.34. The van der Waals surface area contributed by atoms with Gasteiger partial charge in [0.2, 0.25) is 0 Å². The molecule has 0 radical (unpaired) electrons. The summed E-state index contributed by atoms with van der Waals surface area (Å²) >= 11 is 2.26. The molecule has 33 heavy (non-hydrogen) atoms. The molecule has 1 unspecified atom stereocenters. The summed E-state index contributed by atoms with van der Waals surface area (Å²) in [4.78, 5) is 23.0. The molecule has 3 heterocycles. The van der Waals surface area contributed by atoms with Crippen molar-refractivity contribution in [1.82, 2.24) is 9.97 Å². The Bertz CT molecular complexity index is 1240. The number of nitrogens with one attached hydrogen (secondary N) is 1. The van der Waals surface area contributed by atoms with Crippen molar-refractivity contribution in [3.63, 3.8) is 0 Å². The molecule has 0 aliphatic heterocycles. The van der Waals surface area contributed by atoms with Crippen LogP contribution in [0.15, 0.2) is 48.7 Å². The van der Waals surface area contributed by atoms with E-state index in [9.17, 15) is 27.5 Å². The fourth-order valence-corrected chi connectivity index (χ4v) is 4.98. The number of pyridine rings is 1. The largest absolute Gasteiger partial charge is 0.416 e. The number of thiazole rings is 1. The standard InChI is InChI=1S/C21H16F4N4O2S2/c1-29(10-17(30)21(23,24)25)20-28-19-16(33-20)8-15(32-19)18(31)27-13-5-2-11(3-6-13)14-7-4-12(22)9-26-14/h2-9,17,30H,10H2,1H3,(H,27,31). The van der Waals surface area contributed by atoms with E-state index in [0.717, 1.165) is 34.4 Å². The average molecular weight is 497 g/mol. The fourth-order valence-electron chi connectivity index (χ4n) is 2.90. The Kier molecular flexibility index (Phi) is 6.32. The zero-order chi connectivity index (χ0) is 23.8. The molecule has 0 aliphatic carbocycles. The fraction of sp³-hybridized carbons (Fsp3) is 0.190. The maximum atomic E-state index is 13.0. The van der Waals surface area contributed by atoms with Crippen molar-refractivity contribution in [3.05, 3.63) is 59.4 Å². The SMILES string of the molecule is CN(CC(O)C(F)(F)F)c1nc2sc(C(=O)Nc3ccc(-c4ccc(F)cn4)cc3)cc2s1. The van der Waals surface area contributed by atoms with E-state index in [1.807, 2.05) is 0 Å². The molecule has 6 nitrogen and oxygen atoms in total. The molecule has 0 spiro atoms. The maximum absolute atomic E-state index is 13.0. The van der Waals surface area contributed by atoms with E-state index in [0.29, 0.717) is 30.9 Å². The molecule has 4 aromatic rings. The van der Waals surface area contributed by atoms with Crippen LogP contribution in [-0.2, 0) is 0 Å². The summed E-state index contributed by atoms with van der Waals surface area (Å²) < 4.78 is 51.4. The number of aliphatic hydroxyl groups excluding tert-OH is 1. The van der Waals surface area contributed by atoms with E-state index in [-0.39, 0.29) is 5.91 Å². The minimum absolute atomic E-state index is 0.316. The molecule has 1 aromatic carbocycles. The number of aliphatic hydroxyl groups is 1. The molecule has 0 aliphatic rings. The topological polar surface area (TPSA) is 78.3 Å². The highest BCUT2D eigenvalue weighted by atomic mass is 32.1. The molecule has 1 atom stereocenters. The second-order valence-electron chi connectivity index (χ2n) is 7.11. The molecule has 1 amide bonds. The Morgan fingerprint density at radius 2 is 1.91 bits per heavy atom. The molecular weight excluding hydrogens is 480 g/mol. The second-order valence-corrected chi connectivity index (χ2v) is 9.15. The highest BCUT2D eigenvalue weighted by Crippen LogP contribution is 2.35. The third kappa shape index (κ3) is 5.29. The first-order chi connectivity index (χ1) is 15.6. The van der Waals surface area contributed by atoms with Gasteiger partial charge >= 0.3 is 6.18 Å². The number of benzene rings is 1. The van der Waals surface area contributed by atoms with Crippen LogP contribution >= 0.6 is 22.7 Å². The minimum atomic E-state index is -4.71. The summed E-state index contributed by atoms with van der Waals surface area (Å²) in [7, 11) is 1.41. The van der Waals surface area contributed by atoms with E-state index >= 15 is 0 Å². The monoisotopic (exact) mass is 496 g/mol. The van der Waals surface area contributed by atoms with Gasteiger partial charge in [-0.05, 0) is 30.3 Å². The highest BCUT2D eigenvalue weighted by Gasteiger charge is 2.39. The minimum Gasteiger partial charge on any atom is -0.382 e. The number of likely N-dealkylation sites (N-methyl/N-ethyl adjacent to an activating group) is 1. The van der Waals surface area contributed by atoms with E-state index in [1.54, 1.807) is 36.4 Å². The van der Waals surface area contributed by atoms with Gasteiger partial charge in [-0.2, -0.15) is 13.2 Å². The van der Waals surface area contributed by atoms with Crippen LogP contribution in [-0.4, -0.2) is 46.9 Å². The first-order valence-corrected chi connectivity index (χ1v) is 11.1. The number of nitrogens with zero attached hydrogens (tertiary/aromatic N) is 3. The van der Waals surface area contributed by atoms with Gasteiger partial charge in [0.05, 0.1) is 28.0 Å². The van der Waals surface area contributed by atoms with Gasteiger partial charge in [0, 0.05) is 18.3 Å². The summed E-state index contributed by atoms with van der Waals surface area (Å²) in [5, 5.41) is 12.3. The highest BCUT2D eigenvalue weighted by molar-refractivity contribution is 7.29. The van der Waals surface area contributed by atoms with Gasteiger partial charge in [-0.1, -0.05) is 23.5 Å². The van der Waals surface area contributed by atoms with Gasteiger partial charge in [-0.15, -0.1) is 11.3 Å². The van der Waals surface area contributed by atoms with E-state index in [2.05, 4.69) is 15.3 Å². The lowest BCUT2D eigenvalue weighted by Crippen LogP contribution is -2.39.